The third-order valence-corrected chi connectivity index (χ3v) is 4.38. The van der Waals surface area contributed by atoms with E-state index in [0.717, 1.165) is 15.4 Å². The van der Waals surface area contributed by atoms with Crippen LogP contribution >= 0.6 is 27.5 Å². The van der Waals surface area contributed by atoms with Crippen LogP contribution in [0, 0.1) is 11.3 Å². The predicted octanol–water partition coefficient (Wildman–Crippen LogP) is 5.24. The molecule has 7 nitrogen and oxygen atoms in total. The molecule has 2 heterocycles. The smallest absolute Gasteiger partial charge is 0.328 e. The zero-order valence-electron chi connectivity index (χ0n) is 14.1. The Hall–Kier alpha value is -3.28. The molecule has 0 fully saturated rings. The van der Waals surface area contributed by atoms with Gasteiger partial charge in [0.25, 0.3) is 0 Å². The Morgan fingerprint density at radius 1 is 1.04 bits per heavy atom. The molecule has 0 unspecified atom stereocenters. The van der Waals surface area contributed by atoms with E-state index < -0.39 is 0 Å². The van der Waals surface area contributed by atoms with Crippen LogP contribution in [0.1, 0.15) is 5.56 Å². The SMILES string of the molecule is N#Cc1ccc(Nc2nc(Cl)nc(Oc3ccnc4ccc(Br)cc34)n2)cc1. The van der Waals surface area contributed by atoms with E-state index in [1.165, 1.54) is 0 Å². The largest absolute Gasteiger partial charge is 0.423 e. The van der Waals surface area contributed by atoms with Crippen molar-refractivity contribution in [2.75, 3.05) is 5.32 Å². The summed E-state index contributed by atoms with van der Waals surface area (Å²) in [7, 11) is 0. The Balaban J connectivity index is 1.64. The number of ether oxygens (including phenoxy) is 1. The number of aromatic nitrogens is 4. The topological polar surface area (TPSA) is 96.6 Å². The number of fused-ring (bicyclic) bond motifs is 1. The quantitative estimate of drug-likeness (QED) is 0.451. The Labute approximate surface area is 173 Å². The van der Waals surface area contributed by atoms with Gasteiger partial charge in [0.15, 0.2) is 0 Å². The normalized spacial score (nSPS) is 10.5. The highest BCUT2D eigenvalue weighted by molar-refractivity contribution is 9.10. The Morgan fingerprint density at radius 2 is 1.86 bits per heavy atom. The number of hydrogen-bond donors (Lipinski definition) is 1. The summed E-state index contributed by atoms with van der Waals surface area (Å²) in [5, 5.41) is 12.7. The van der Waals surface area contributed by atoms with Crippen LogP contribution in [0.4, 0.5) is 11.6 Å². The molecule has 9 heteroatoms. The second kappa shape index (κ2) is 7.76. The second-order valence-electron chi connectivity index (χ2n) is 5.60. The summed E-state index contributed by atoms with van der Waals surface area (Å²) < 4.78 is 6.75. The van der Waals surface area contributed by atoms with Gasteiger partial charge in [0.05, 0.1) is 17.1 Å². The number of benzene rings is 2. The molecular formula is C19H10BrClN6O. The molecule has 28 heavy (non-hydrogen) atoms. The first-order valence-corrected chi connectivity index (χ1v) is 9.19. The van der Waals surface area contributed by atoms with Crippen LogP contribution in [0.25, 0.3) is 10.9 Å². The molecular weight excluding hydrogens is 444 g/mol. The van der Waals surface area contributed by atoms with E-state index >= 15 is 0 Å². The maximum absolute atomic E-state index is 8.88. The molecule has 0 saturated heterocycles. The van der Waals surface area contributed by atoms with E-state index in [2.05, 4.69) is 47.3 Å². The highest BCUT2D eigenvalue weighted by Gasteiger charge is 2.11. The van der Waals surface area contributed by atoms with Gasteiger partial charge in [-0.1, -0.05) is 15.9 Å². The fourth-order valence-electron chi connectivity index (χ4n) is 2.47. The maximum Gasteiger partial charge on any atom is 0.328 e. The standard InChI is InChI=1S/C19H10BrClN6O/c20-12-3-6-15-14(9-12)16(7-8-23-15)28-19-26-17(21)25-18(27-19)24-13-4-1-11(10-22)2-5-13/h1-9H,(H,24,25,26,27). The molecule has 0 atom stereocenters. The number of nitrogens with zero attached hydrogens (tertiary/aromatic N) is 5. The highest BCUT2D eigenvalue weighted by atomic mass is 79.9. The number of halogens is 2. The van der Waals surface area contributed by atoms with Crippen molar-refractivity contribution >= 4 is 50.1 Å². The first-order chi connectivity index (χ1) is 13.6. The van der Waals surface area contributed by atoms with Gasteiger partial charge in [-0.25, -0.2) is 0 Å². The molecule has 4 rings (SSSR count). The lowest BCUT2D eigenvalue weighted by Gasteiger charge is -2.09. The molecule has 136 valence electrons. The Morgan fingerprint density at radius 3 is 2.64 bits per heavy atom. The molecule has 0 radical (unpaired) electrons. The summed E-state index contributed by atoms with van der Waals surface area (Å²) in [6.45, 7) is 0. The lowest BCUT2D eigenvalue weighted by Crippen LogP contribution is -2.02. The molecule has 0 aliphatic carbocycles. The summed E-state index contributed by atoms with van der Waals surface area (Å²) in [5.41, 5.74) is 2.03. The Bertz CT molecular complexity index is 1210. The summed E-state index contributed by atoms with van der Waals surface area (Å²) in [5.74, 6) is 0.761. The third-order valence-electron chi connectivity index (χ3n) is 3.72. The number of pyridine rings is 1. The van der Waals surface area contributed by atoms with Gasteiger partial charge >= 0.3 is 6.01 Å². The number of rotatable bonds is 4. The minimum absolute atomic E-state index is 0.0133. The lowest BCUT2D eigenvalue weighted by molar-refractivity contribution is 0.445. The summed E-state index contributed by atoms with van der Waals surface area (Å²) >= 11 is 9.48. The molecule has 0 spiro atoms. The van der Waals surface area contributed by atoms with Crippen molar-refractivity contribution in [3.05, 3.63) is 70.0 Å². The van der Waals surface area contributed by atoms with Crippen molar-refractivity contribution in [1.29, 1.82) is 5.26 Å². The van der Waals surface area contributed by atoms with Crippen LogP contribution in [-0.4, -0.2) is 19.9 Å². The van der Waals surface area contributed by atoms with Crippen LogP contribution < -0.4 is 10.1 Å². The monoisotopic (exact) mass is 452 g/mol. The van der Waals surface area contributed by atoms with E-state index in [1.54, 1.807) is 36.5 Å². The van der Waals surface area contributed by atoms with Crippen LogP contribution in [0.3, 0.4) is 0 Å². The number of hydrogen-bond acceptors (Lipinski definition) is 7. The van der Waals surface area contributed by atoms with Gasteiger partial charge < -0.3 is 10.1 Å². The summed E-state index contributed by atoms with van der Waals surface area (Å²) in [4.78, 5) is 16.7. The molecule has 2 aromatic heterocycles. The predicted molar refractivity (Wildman–Crippen MR) is 109 cm³/mol. The van der Waals surface area contributed by atoms with Gasteiger partial charge in [0.2, 0.25) is 11.2 Å². The van der Waals surface area contributed by atoms with Crippen LogP contribution in [0.15, 0.2) is 59.2 Å². The van der Waals surface area contributed by atoms with Gasteiger partial charge in [0, 0.05) is 21.7 Å². The van der Waals surface area contributed by atoms with Crippen LogP contribution in [-0.2, 0) is 0 Å². The molecule has 0 aliphatic rings. The van der Waals surface area contributed by atoms with Crippen molar-refractivity contribution in [3.8, 4) is 17.8 Å². The average Bonchev–Trinajstić information content (AvgIpc) is 2.69. The fraction of sp³-hybridized carbons (Fsp3) is 0. The molecule has 4 aromatic rings. The van der Waals surface area contributed by atoms with Gasteiger partial charge in [-0.15, -0.1) is 0 Å². The van der Waals surface area contributed by atoms with Crippen LogP contribution in [0.5, 0.6) is 11.8 Å². The molecule has 2 aromatic carbocycles. The van der Waals surface area contributed by atoms with Crippen molar-refractivity contribution in [1.82, 2.24) is 19.9 Å². The highest BCUT2D eigenvalue weighted by Crippen LogP contribution is 2.30. The van der Waals surface area contributed by atoms with Crippen molar-refractivity contribution in [2.24, 2.45) is 0 Å². The second-order valence-corrected chi connectivity index (χ2v) is 6.85. The van der Waals surface area contributed by atoms with Crippen molar-refractivity contribution < 1.29 is 4.74 Å². The van der Waals surface area contributed by atoms with Gasteiger partial charge in [-0.05, 0) is 60.1 Å². The average molecular weight is 454 g/mol. The zero-order valence-corrected chi connectivity index (χ0v) is 16.4. The number of nitriles is 1. The summed E-state index contributed by atoms with van der Waals surface area (Å²) in [6, 6.07) is 16.4. The van der Waals surface area contributed by atoms with Crippen molar-refractivity contribution in [2.45, 2.75) is 0 Å². The van der Waals surface area contributed by atoms with E-state index in [9.17, 15) is 0 Å². The van der Waals surface area contributed by atoms with E-state index in [0.29, 0.717) is 17.0 Å². The minimum atomic E-state index is -0.0133. The van der Waals surface area contributed by atoms with Crippen LogP contribution in [0.2, 0.25) is 5.28 Å². The fourth-order valence-corrected chi connectivity index (χ4v) is 2.98. The van der Waals surface area contributed by atoms with Crippen molar-refractivity contribution in [3.63, 3.8) is 0 Å². The molecule has 0 amide bonds. The lowest BCUT2D eigenvalue weighted by atomic mass is 10.2. The van der Waals surface area contributed by atoms with E-state index in [1.807, 2.05) is 18.2 Å². The van der Waals surface area contributed by atoms with Gasteiger partial charge in [0.1, 0.15) is 5.75 Å². The van der Waals surface area contributed by atoms with E-state index in [-0.39, 0.29) is 17.2 Å². The first-order valence-electron chi connectivity index (χ1n) is 8.01. The molecule has 0 aliphatic heterocycles. The van der Waals surface area contributed by atoms with Gasteiger partial charge in [-0.3, -0.25) is 4.98 Å². The Kier molecular flexibility index (Phi) is 5.02. The summed E-state index contributed by atoms with van der Waals surface area (Å²) in [6.07, 6.45) is 1.64. The zero-order chi connectivity index (χ0) is 19.5. The third kappa shape index (κ3) is 4.01. The molecule has 1 N–H and O–H groups in total. The molecule has 0 bridgehead atoms. The molecule has 0 saturated carbocycles. The first kappa shape index (κ1) is 18.1. The maximum atomic E-state index is 8.88. The van der Waals surface area contributed by atoms with E-state index in [4.69, 9.17) is 21.6 Å². The minimum Gasteiger partial charge on any atom is -0.423 e. The number of nitrogens with one attached hydrogen (secondary N) is 1. The number of anilines is 2. The van der Waals surface area contributed by atoms with Gasteiger partial charge in [-0.2, -0.15) is 20.2 Å².